The van der Waals surface area contributed by atoms with Gasteiger partial charge in [-0.15, -0.1) is 0 Å². The Bertz CT molecular complexity index is 984. The van der Waals surface area contributed by atoms with E-state index >= 15 is 0 Å². The molecule has 8 heteroatoms. The number of para-hydroxylation sites is 1. The smallest absolute Gasteiger partial charge is 0.257 e. The van der Waals surface area contributed by atoms with Crippen molar-refractivity contribution in [2.45, 2.75) is 25.8 Å². The maximum absolute atomic E-state index is 13.0. The number of benzene rings is 2. The summed E-state index contributed by atoms with van der Waals surface area (Å²) in [4.78, 5) is 40.7. The van der Waals surface area contributed by atoms with Crippen LogP contribution < -0.4 is 15.4 Å². The van der Waals surface area contributed by atoms with Gasteiger partial charge < -0.3 is 25.0 Å². The molecule has 1 fully saturated rings. The van der Waals surface area contributed by atoms with Gasteiger partial charge in [-0.25, -0.2) is 0 Å². The Balaban J connectivity index is 1.69. The summed E-state index contributed by atoms with van der Waals surface area (Å²) in [6.07, 6.45) is 1.19. The normalized spacial score (nSPS) is 14.9. The summed E-state index contributed by atoms with van der Waals surface area (Å²) in [6, 6.07) is 13.7. The van der Waals surface area contributed by atoms with Crippen LogP contribution in [0.25, 0.3) is 0 Å². The van der Waals surface area contributed by atoms with Crippen LogP contribution in [-0.4, -0.2) is 69.1 Å². The van der Waals surface area contributed by atoms with Gasteiger partial charge in [0.25, 0.3) is 11.8 Å². The lowest BCUT2D eigenvalue weighted by Crippen LogP contribution is -2.54. The summed E-state index contributed by atoms with van der Waals surface area (Å²) in [6.45, 7) is 3.68. The first-order valence-corrected chi connectivity index (χ1v) is 11.5. The molecule has 0 unspecified atom stereocenters. The van der Waals surface area contributed by atoms with E-state index in [4.69, 9.17) is 9.47 Å². The van der Waals surface area contributed by atoms with E-state index in [1.807, 2.05) is 31.2 Å². The monoisotopic (exact) mass is 467 g/mol. The molecule has 0 aromatic heterocycles. The molecule has 0 aliphatic carbocycles. The van der Waals surface area contributed by atoms with Gasteiger partial charge in [-0.1, -0.05) is 29.8 Å². The third-order valence-electron chi connectivity index (χ3n) is 6.12. The third kappa shape index (κ3) is 6.35. The number of rotatable bonds is 9. The quantitative estimate of drug-likeness (QED) is 0.552. The number of likely N-dealkylation sites (tertiary alicyclic amines) is 1. The summed E-state index contributed by atoms with van der Waals surface area (Å²) in [7, 11) is 3.11. The SMILES string of the molecule is COCCNC(=O)[C@H](NC(=O)c1ccc(C)cc1)C1CCN(C(=O)c2ccccc2OC)CC1. The van der Waals surface area contributed by atoms with Crippen LogP contribution in [0.4, 0.5) is 0 Å². The van der Waals surface area contributed by atoms with E-state index in [0.717, 1.165) is 5.56 Å². The molecule has 8 nitrogen and oxygen atoms in total. The molecule has 1 saturated heterocycles. The van der Waals surface area contributed by atoms with Crippen molar-refractivity contribution in [2.75, 3.05) is 40.5 Å². The van der Waals surface area contributed by atoms with Crippen molar-refractivity contribution < 1.29 is 23.9 Å². The predicted octanol–water partition coefficient (Wildman–Crippen LogP) is 2.42. The van der Waals surface area contributed by atoms with Crippen molar-refractivity contribution in [2.24, 2.45) is 5.92 Å². The first-order valence-electron chi connectivity index (χ1n) is 11.5. The summed E-state index contributed by atoms with van der Waals surface area (Å²) in [5.74, 6) is -0.193. The van der Waals surface area contributed by atoms with Crippen molar-refractivity contribution in [3.05, 3.63) is 65.2 Å². The van der Waals surface area contributed by atoms with E-state index in [-0.39, 0.29) is 23.6 Å². The number of aryl methyl sites for hydroxylation is 1. The number of nitrogens with one attached hydrogen (secondary N) is 2. The highest BCUT2D eigenvalue weighted by Gasteiger charge is 2.34. The van der Waals surface area contributed by atoms with Gasteiger partial charge in [0.1, 0.15) is 11.8 Å². The van der Waals surface area contributed by atoms with Gasteiger partial charge in [0.05, 0.1) is 19.3 Å². The van der Waals surface area contributed by atoms with Crippen LogP contribution in [0, 0.1) is 12.8 Å². The number of hydrogen-bond acceptors (Lipinski definition) is 5. The van der Waals surface area contributed by atoms with Gasteiger partial charge in [-0.3, -0.25) is 14.4 Å². The van der Waals surface area contributed by atoms with Crippen LogP contribution in [0.3, 0.4) is 0 Å². The lowest BCUT2D eigenvalue weighted by Gasteiger charge is -2.36. The number of piperidine rings is 1. The first kappa shape index (κ1) is 25.2. The molecule has 34 heavy (non-hydrogen) atoms. The average molecular weight is 468 g/mol. The van der Waals surface area contributed by atoms with Crippen molar-refractivity contribution in [1.82, 2.24) is 15.5 Å². The molecular formula is C26H33N3O5. The van der Waals surface area contributed by atoms with E-state index in [1.54, 1.807) is 43.4 Å². The van der Waals surface area contributed by atoms with Gasteiger partial charge in [-0.2, -0.15) is 0 Å². The van der Waals surface area contributed by atoms with Gasteiger partial charge in [-0.05, 0) is 49.9 Å². The molecule has 1 heterocycles. The zero-order valence-corrected chi connectivity index (χ0v) is 20.0. The molecule has 1 atom stereocenters. The largest absolute Gasteiger partial charge is 0.496 e. The molecule has 0 radical (unpaired) electrons. The van der Waals surface area contributed by atoms with Crippen LogP contribution in [0.15, 0.2) is 48.5 Å². The maximum atomic E-state index is 13.0. The topological polar surface area (TPSA) is 97.0 Å². The Morgan fingerprint density at radius 3 is 2.35 bits per heavy atom. The predicted molar refractivity (Wildman–Crippen MR) is 129 cm³/mol. The second-order valence-corrected chi connectivity index (χ2v) is 8.43. The van der Waals surface area contributed by atoms with Crippen LogP contribution in [0.5, 0.6) is 5.75 Å². The zero-order chi connectivity index (χ0) is 24.5. The van der Waals surface area contributed by atoms with Crippen LogP contribution in [0.2, 0.25) is 0 Å². The third-order valence-corrected chi connectivity index (χ3v) is 6.12. The van der Waals surface area contributed by atoms with Crippen molar-refractivity contribution >= 4 is 17.7 Å². The zero-order valence-electron chi connectivity index (χ0n) is 20.0. The van der Waals surface area contributed by atoms with E-state index < -0.39 is 6.04 Å². The second-order valence-electron chi connectivity index (χ2n) is 8.43. The summed E-state index contributed by atoms with van der Waals surface area (Å²) < 4.78 is 10.4. The molecule has 1 aliphatic heterocycles. The molecule has 0 bridgehead atoms. The van der Waals surface area contributed by atoms with Crippen LogP contribution in [-0.2, 0) is 9.53 Å². The molecule has 2 N–H and O–H groups in total. The standard InChI is InChI=1S/C26H33N3O5/c1-18-8-10-20(11-9-18)24(30)28-23(25(31)27-14-17-33-2)19-12-15-29(16-13-19)26(32)21-6-4-5-7-22(21)34-3/h4-11,19,23H,12-17H2,1-3H3,(H,27,31)(H,28,30)/t23-/m1/s1. The van der Waals surface area contributed by atoms with Gasteiger partial charge >= 0.3 is 0 Å². The number of hydrogen-bond donors (Lipinski definition) is 2. The van der Waals surface area contributed by atoms with Crippen LogP contribution >= 0.6 is 0 Å². The van der Waals surface area contributed by atoms with Gasteiger partial charge in [0, 0.05) is 32.3 Å². The fourth-order valence-corrected chi connectivity index (χ4v) is 4.14. The molecule has 3 amide bonds. The van der Waals surface area contributed by atoms with Crippen molar-refractivity contribution in [3.8, 4) is 5.75 Å². The molecule has 182 valence electrons. The Hall–Kier alpha value is -3.39. The minimum atomic E-state index is -0.700. The Kier molecular flexibility index (Phi) is 9.04. The summed E-state index contributed by atoms with van der Waals surface area (Å²) >= 11 is 0. The van der Waals surface area contributed by atoms with Gasteiger partial charge in [0.15, 0.2) is 0 Å². The highest BCUT2D eigenvalue weighted by atomic mass is 16.5. The average Bonchev–Trinajstić information content (AvgIpc) is 2.87. The first-order chi connectivity index (χ1) is 16.4. The van der Waals surface area contributed by atoms with E-state index in [1.165, 1.54) is 0 Å². The molecule has 2 aromatic carbocycles. The fourth-order valence-electron chi connectivity index (χ4n) is 4.14. The number of carbonyl (C=O) groups excluding carboxylic acids is 3. The second kappa shape index (κ2) is 12.2. The highest BCUT2D eigenvalue weighted by molar-refractivity contribution is 5.98. The summed E-state index contributed by atoms with van der Waals surface area (Å²) in [5.41, 5.74) is 2.08. The molecule has 0 spiro atoms. The van der Waals surface area contributed by atoms with Gasteiger partial charge in [0.2, 0.25) is 5.91 Å². The minimum Gasteiger partial charge on any atom is -0.496 e. The number of methoxy groups -OCH3 is 2. The number of nitrogens with zero attached hydrogens (tertiary/aromatic N) is 1. The number of amides is 3. The Labute approximate surface area is 200 Å². The van der Waals surface area contributed by atoms with E-state index in [2.05, 4.69) is 10.6 Å². The molecule has 1 aliphatic rings. The fraction of sp³-hybridized carbons (Fsp3) is 0.423. The lowest BCUT2D eigenvalue weighted by atomic mass is 9.88. The Morgan fingerprint density at radius 2 is 1.71 bits per heavy atom. The Morgan fingerprint density at radius 1 is 1.03 bits per heavy atom. The number of ether oxygens (including phenoxy) is 2. The van der Waals surface area contributed by atoms with Crippen molar-refractivity contribution in [1.29, 1.82) is 0 Å². The molecule has 2 aromatic rings. The molecule has 3 rings (SSSR count). The summed E-state index contributed by atoms with van der Waals surface area (Å²) in [5, 5.41) is 5.77. The highest BCUT2D eigenvalue weighted by Crippen LogP contribution is 2.25. The molecule has 0 saturated carbocycles. The molecular weight excluding hydrogens is 434 g/mol. The van der Waals surface area contributed by atoms with E-state index in [0.29, 0.717) is 56.0 Å². The number of carbonyl (C=O) groups is 3. The lowest BCUT2D eigenvalue weighted by molar-refractivity contribution is -0.124. The van der Waals surface area contributed by atoms with Crippen LogP contribution in [0.1, 0.15) is 39.1 Å². The van der Waals surface area contributed by atoms with E-state index in [9.17, 15) is 14.4 Å². The van der Waals surface area contributed by atoms with Crippen molar-refractivity contribution in [3.63, 3.8) is 0 Å². The maximum Gasteiger partial charge on any atom is 0.257 e. The minimum absolute atomic E-state index is 0.0966.